The van der Waals surface area contributed by atoms with Crippen molar-refractivity contribution in [1.29, 1.82) is 0 Å². The molecule has 1 aliphatic rings. The number of aryl methyl sites for hydroxylation is 1. The molecule has 3 rings (SSSR count). The lowest BCUT2D eigenvalue weighted by Gasteiger charge is -2.37. The third-order valence-corrected chi connectivity index (χ3v) is 4.46. The molecule has 2 aromatic heterocycles. The minimum Gasteiger partial charge on any atom is -0.340 e. The number of imidazole rings is 1. The van der Waals surface area contributed by atoms with Crippen molar-refractivity contribution in [2.45, 2.75) is 52.4 Å². The fraction of sp³-hybridized carbons (Fsp3) is 0.600. The van der Waals surface area contributed by atoms with Crippen molar-refractivity contribution >= 4 is 11.2 Å². The van der Waals surface area contributed by atoms with Gasteiger partial charge in [-0.3, -0.25) is 0 Å². The first-order valence-electron chi connectivity index (χ1n) is 6.89. The molecule has 2 heterocycles. The molecule has 0 aromatic carbocycles. The maximum absolute atomic E-state index is 4.73. The van der Waals surface area contributed by atoms with E-state index in [9.17, 15) is 0 Å². The second kappa shape index (κ2) is 4.08. The van der Waals surface area contributed by atoms with Crippen LogP contribution in [0.4, 0.5) is 0 Å². The molecular weight excluding hydrogens is 222 g/mol. The zero-order chi connectivity index (χ0) is 12.8. The highest BCUT2D eigenvalue weighted by molar-refractivity contribution is 5.74. The fourth-order valence-corrected chi connectivity index (χ4v) is 3.22. The highest BCUT2D eigenvalue weighted by Crippen LogP contribution is 2.46. The number of fused-ring (bicyclic) bond motifs is 1. The maximum atomic E-state index is 4.73. The molecule has 1 aliphatic carbocycles. The number of H-pyrrole nitrogens is 1. The summed E-state index contributed by atoms with van der Waals surface area (Å²) < 4.78 is 0. The summed E-state index contributed by atoms with van der Waals surface area (Å²) in [6, 6.07) is 2.04. The Kier molecular flexibility index (Phi) is 2.65. The monoisotopic (exact) mass is 243 g/mol. The van der Waals surface area contributed by atoms with Gasteiger partial charge in [0.15, 0.2) is 5.65 Å². The van der Waals surface area contributed by atoms with Crippen molar-refractivity contribution in [2.24, 2.45) is 5.41 Å². The van der Waals surface area contributed by atoms with E-state index < -0.39 is 0 Å². The first kappa shape index (κ1) is 11.7. The summed E-state index contributed by atoms with van der Waals surface area (Å²) in [7, 11) is 0. The molecule has 1 unspecified atom stereocenters. The first-order chi connectivity index (χ1) is 8.58. The van der Waals surface area contributed by atoms with Crippen molar-refractivity contribution in [3.8, 4) is 0 Å². The van der Waals surface area contributed by atoms with Crippen molar-refractivity contribution in [2.75, 3.05) is 0 Å². The third kappa shape index (κ3) is 1.82. The molecule has 3 heteroatoms. The maximum Gasteiger partial charge on any atom is 0.177 e. The van der Waals surface area contributed by atoms with Crippen molar-refractivity contribution in [3.63, 3.8) is 0 Å². The Bertz CT molecular complexity index is 568. The number of pyridine rings is 1. The molecule has 1 fully saturated rings. The molecule has 18 heavy (non-hydrogen) atoms. The second-order valence-electron chi connectivity index (χ2n) is 6.24. The Morgan fingerprint density at radius 3 is 2.89 bits per heavy atom. The van der Waals surface area contributed by atoms with Gasteiger partial charge in [-0.15, -0.1) is 0 Å². The number of hydrogen-bond acceptors (Lipinski definition) is 2. The second-order valence-corrected chi connectivity index (χ2v) is 6.24. The average Bonchev–Trinajstić information content (AvgIpc) is 2.73. The van der Waals surface area contributed by atoms with Gasteiger partial charge in [0.2, 0.25) is 0 Å². The van der Waals surface area contributed by atoms with Crippen LogP contribution in [0.25, 0.3) is 11.2 Å². The molecule has 3 nitrogen and oxygen atoms in total. The number of aromatic amines is 1. The van der Waals surface area contributed by atoms with Crippen molar-refractivity contribution in [3.05, 3.63) is 23.7 Å². The zero-order valence-electron chi connectivity index (χ0n) is 11.5. The van der Waals surface area contributed by atoms with E-state index in [0.29, 0.717) is 11.3 Å². The van der Waals surface area contributed by atoms with Crippen molar-refractivity contribution in [1.82, 2.24) is 15.0 Å². The van der Waals surface area contributed by atoms with Crippen LogP contribution in [-0.4, -0.2) is 15.0 Å². The van der Waals surface area contributed by atoms with E-state index in [0.717, 1.165) is 17.0 Å². The van der Waals surface area contributed by atoms with Gasteiger partial charge < -0.3 is 4.98 Å². The molecule has 0 saturated heterocycles. The Morgan fingerprint density at radius 2 is 2.17 bits per heavy atom. The molecule has 0 aliphatic heterocycles. The predicted octanol–water partition coefficient (Wildman–Crippen LogP) is 3.95. The Balaban J connectivity index is 2.06. The van der Waals surface area contributed by atoms with E-state index in [2.05, 4.69) is 30.7 Å². The number of rotatable bonds is 1. The molecule has 0 bridgehead atoms. The van der Waals surface area contributed by atoms with Gasteiger partial charge in [-0.05, 0) is 36.8 Å². The first-order valence-corrected chi connectivity index (χ1v) is 6.89. The van der Waals surface area contributed by atoms with Gasteiger partial charge in [-0.1, -0.05) is 26.7 Å². The standard InChI is InChI=1S/C15H21N3/c1-10-7-9-16-14-12(10)17-13(18-14)11-6-4-5-8-15(11,2)3/h7,9,11H,4-6,8H2,1-3H3,(H,16,17,18). The summed E-state index contributed by atoms with van der Waals surface area (Å²) in [4.78, 5) is 12.6. The third-order valence-electron chi connectivity index (χ3n) is 4.46. The van der Waals surface area contributed by atoms with E-state index in [1.807, 2.05) is 12.3 Å². The molecule has 0 radical (unpaired) electrons. The van der Waals surface area contributed by atoms with Crippen LogP contribution in [0.2, 0.25) is 0 Å². The summed E-state index contributed by atoms with van der Waals surface area (Å²) >= 11 is 0. The lowest BCUT2D eigenvalue weighted by atomic mass is 9.68. The van der Waals surface area contributed by atoms with Gasteiger partial charge in [0.05, 0.1) is 5.52 Å². The lowest BCUT2D eigenvalue weighted by molar-refractivity contribution is 0.193. The number of aromatic nitrogens is 3. The predicted molar refractivity (Wildman–Crippen MR) is 73.6 cm³/mol. The van der Waals surface area contributed by atoms with E-state index in [1.165, 1.54) is 31.2 Å². The van der Waals surface area contributed by atoms with Gasteiger partial charge in [0.1, 0.15) is 5.82 Å². The smallest absolute Gasteiger partial charge is 0.177 e. The number of nitrogens with zero attached hydrogens (tertiary/aromatic N) is 2. The van der Waals surface area contributed by atoms with Gasteiger partial charge in [0.25, 0.3) is 0 Å². The van der Waals surface area contributed by atoms with Crippen LogP contribution >= 0.6 is 0 Å². The minimum absolute atomic E-state index is 0.347. The molecule has 1 atom stereocenters. The molecule has 0 amide bonds. The van der Waals surface area contributed by atoms with Gasteiger partial charge in [0, 0.05) is 12.1 Å². The summed E-state index contributed by atoms with van der Waals surface area (Å²) in [5.74, 6) is 1.68. The molecule has 1 N–H and O–H groups in total. The van der Waals surface area contributed by atoms with E-state index in [4.69, 9.17) is 4.98 Å². The lowest BCUT2D eigenvalue weighted by Crippen LogP contribution is -2.26. The Morgan fingerprint density at radius 1 is 1.33 bits per heavy atom. The van der Waals surface area contributed by atoms with E-state index in [1.54, 1.807) is 0 Å². The quantitative estimate of drug-likeness (QED) is 0.824. The molecular formula is C15H21N3. The van der Waals surface area contributed by atoms with Gasteiger partial charge >= 0.3 is 0 Å². The highest BCUT2D eigenvalue weighted by Gasteiger charge is 2.35. The van der Waals surface area contributed by atoms with Crippen LogP contribution in [0, 0.1) is 12.3 Å². The SMILES string of the molecule is Cc1ccnc2nc(C3CCCCC3(C)C)[nH]c12. The van der Waals surface area contributed by atoms with Crippen LogP contribution in [-0.2, 0) is 0 Å². The van der Waals surface area contributed by atoms with Gasteiger partial charge in [-0.25, -0.2) is 9.97 Å². The topological polar surface area (TPSA) is 41.6 Å². The van der Waals surface area contributed by atoms with Crippen LogP contribution in [0.15, 0.2) is 12.3 Å². The molecule has 0 spiro atoms. The largest absolute Gasteiger partial charge is 0.340 e. The summed E-state index contributed by atoms with van der Waals surface area (Å²) in [6.07, 6.45) is 7.04. The Labute approximate surface area is 108 Å². The van der Waals surface area contributed by atoms with Crippen LogP contribution in [0.1, 0.15) is 56.8 Å². The summed E-state index contributed by atoms with van der Waals surface area (Å²) in [5.41, 5.74) is 3.55. The number of nitrogens with one attached hydrogen (secondary N) is 1. The summed E-state index contributed by atoms with van der Waals surface area (Å²) in [6.45, 7) is 6.84. The Hall–Kier alpha value is -1.38. The normalized spacial score (nSPS) is 23.4. The number of hydrogen-bond donors (Lipinski definition) is 1. The zero-order valence-corrected chi connectivity index (χ0v) is 11.5. The fourth-order valence-electron chi connectivity index (χ4n) is 3.22. The molecule has 1 saturated carbocycles. The molecule has 96 valence electrons. The van der Waals surface area contributed by atoms with Crippen LogP contribution in [0.3, 0.4) is 0 Å². The van der Waals surface area contributed by atoms with Crippen LogP contribution < -0.4 is 0 Å². The van der Waals surface area contributed by atoms with E-state index in [-0.39, 0.29) is 0 Å². The van der Waals surface area contributed by atoms with Crippen LogP contribution in [0.5, 0.6) is 0 Å². The summed E-state index contributed by atoms with van der Waals surface area (Å²) in [5, 5.41) is 0. The minimum atomic E-state index is 0.347. The average molecular weight is 243 g/mol. The molecule has 2 aromatic rings. The van der Waals surface area contributed by atoms with Crippen molar-refractivity contribution < 1.29 is 0 Å². The van der Waals surface area contributed by atoms with Gasteiger partial charge in [-0.2, -0.15) is 0 Å². The van der Waals surface area contributed by atoms with E-state index >= 15 is 0 Å². The highest BCUT2D eigenvalue weighted by atomic mass is 15.0.